The number of hydrogen-bond acceptors (Lipinski definition) is 1. The number of hydrogen-bond donors (Lipinski definition) is 1. The van der Waals surface area contributed by atoms with Crippen LogP contribution in [-0.2, 0) is 11.8 Å². The van der Waals surface area contributed by atoms with Crippen molar-refractivity contribution in [2.75, 3.05) is 0 Å². The van der Waals surface area contributed by atoms with Crippen molar-refractivity contribution in [2.45, 2.75) is 107 Å². The van der Waals surface area contributed by atoms with Crippen molar-refractivity contribution in [1.29, 1.82) is 0 Å². The molecule has 0 saturated heterocycles. The molecule has 0 saturated carbocycles. The van der Waals surface area contributed by atoms with Gasteiger partial charge in [-0.25, -0.2) is 0 Å². The Hall–Kier alpha value is -1.76. The topological polar surface area (TPSA) is 20.2 Å². The predicted octanol–water partition coefficient (Wildman–Crippen LogP) is 9.40. The summed E-state index contributed by atoms with van der Waals surface area (Å²) in [5, 5.41) is 11.6. The fourth-order valence-corrected chi connectivity index (χ4v) is 4.33. The zero-order valence-electron chi connectivity index (χ0n) is 22.7. The monoisotopic (exact) mass is 436 g/mol. The van der Waals surface area contributed by atoms with E-state index in [9.17, 15) is 5.11 Å². The van der Waals surface area contributed by atoms with Crippen LogP contribution in [0.5, 0.6) is 5.75 Å². The lowest BCUT2D eigenvalue weighted by atomic mass is 9.80. The summed E-state index contributed by atoms with van der Waals surface area (Å²) < 4.78 is 0. The Balaban J connectivity index is 2.80. The van der Waals surface area contributed by atoms with Gasteiger partial charge in [0, 0.05) is 5.56 Å². The van der Waals surface area contributed by atoms with E-state index in [0.29, 0.717) is 11.7 Å². The molecule has 2 rings (SSSR count). The third-order valence-electron chi connectivity index (χ3n) is 7.04. The van der Waals surface area contributed by atoms with Gasteiger partial charge in [0.25, 0.3) is 0 Å². The molecule has 1 N–H and O–H groups in total. The first-order valence-electron chi connectivity index (χ1n) is 12.6. The Morgan fingerprint density at radius 1 is 0.812 bits per heavy atom. The maximum Gasteiger partial charge on any atom is 0.126 e. The van der Waals surface area contributed by atoms with Crippen molar-refractivity contribution >= 4 is 5.57 Å². The summed E-state index contributed by atoms with van der Waals surface area (Å²) in [6.45, 7) is 25.0. The highest BCUT2D eigenvalue weighted by molar-refractivity contribution is 5.82. The molecule has 0 fully saturated rings. The highest BCUT2D eigenvalue weighted by Gasteiger charge is 2.26. The Morgan fingerprint density at radius 2 is 1.41 bits per heavy atom. The van der Waals surface area contributed by atoms with Crippen molar-refractivity contribution in [2.24, 2.45) is 16.7 Å². The van der Waals surface area contributed by atoms with E-state index >= 15 is 0 Å². The van der Waals surface area contributed by atoms with Crippen molar-refractivity contribution in [3.8, 4) is 5.75 Å². The van der Waals surface area contributed by atoms with E-state index in [-0.39, 0.29) is 16.2 Å². The minimum absolute atomic E-state index is 0.0235. The van der Waals surface area contributed by atoms with Gasteiger partial charge in [-0.15, -0.1) is 0 Å². The van der Waals surface area contributed by atoms with Crippen molar-refractivity contribution in [3.63, 3.8) is 0 Å². The second kappa shape index (κ2) is 9.62. The van der Waals surface area contributed by atoms with E-state index in [1.54, 1.807) is 0 Å². The standard InChI is InChI=1S/C31H48O/c1-12-21(13-2)16-23-19-26(31(9,10)11)20-27(28(23)32)22-17-24(29(3,4)5)14-15-25(18-22)30(6,7)8/h14,17-21,32H,12-13,15-16H2,1-11H3. The Morgan fingerprint density at radius 3 is 1.88 bits per heavy atom. The largest absolute Gasteiger partial charge is 0.507 e. The summed E-state index contributed by atoms with van der Waals surface area (Å²) in [7, 11) is 0. The van der Waals surface area contributed by atoms with E-state index in [1.807, 2.05) is 0 Å². The lowest BCUT2D eigenvalue weighted by Crippen LogP contribution is -2.13. The molecule has 0 unspecified atom stereocenters. The van der Waals surface area contributed by atoms with Crippen LogP contribution in [0.3, 0.4) is 0 Å². The van der Waals surface area contributed by atoms with Crippen molar-refractivity contribution in [3.05, 3.63) is 58.2 Å². The molecule has 32 heavy (non-hydrogen) atoms. The molecule has 1 heteroatoms. The zero-order valence-corrected chi connectivity index (χ0v) is 22.7. The minimum atomic E-state index is 0.0235. The maximum atomic E-state index is 11.6. The summed E-state index contributed by atoms with van der Waals surface area (Å²) >= 11 is 0. The van der Waals surface area contributed by atoms with Gasteiger partial charge in [0.05, 0.1) is 0 Å². The summed E-state index contributed by atoms with van der Waals surface area (Å²) in [6, 6.07) is 4.49. The summed E-state index contributed by atoms with van der Waals surface area (Å²) in [5.74, 6) is 1.06. The van der Waals surface area contributed by atoms with Crippen LogP contribution < -0.4 is 0 Å². The molecule has 178 valence electrons. The molecule has 0 radical (unpaired) electrons. The van der Waals surface area contributed by atoms with Crippen LogP contribution in [-0.4, -0.2) is 5.11 Å². The highest BCUT2D eigenvalue weighted by Crippen LogP contribution is 2.42. The molecule has 0 aliphatic heterocycles. The summed E-state index contributed by atoms with van der Waals surface area (Å²) in [6.07, 6.45) is 11.2. The predicted molar refractivity (Wildman–Crippen MR) is 142 cm³/mol. The Bertz CT molecular complexity index is 897. The second-order valence-corrected chi connectivity index (χ2v) is 12.8. The highest BCUT2D eigenvalue weighted by atomic mass is 16.3. The average Bonchev–Trinajstić information content (AvgIpc) is 2.89. The lowest BCUT2D eigenvalue weighted by Gasteiger charge is -2.25. The number of rotatable bonds is 5. The molecule has 0 heterocycles. The van der Waals surface area contributed by atoms with Gasteiger partial charge < -0.3 is 5.11 Å². The number of phenolic OH excluding ortho intramolecular Hbond substituents is 1. The van der Waals surface area contributed by atoms with Gasteiger partial charge in [-0.2, -0.15) is 0 Å². The van der Waals surface area contributed by atoms with Crippen LogP contribution >= 0.6 is 0 Å². The summed E-state index contributed by atoms with van der Waals surface area (Å²) in [5.41, 5.74) is 7.42. The molecule has 0 atom stereocenters. The normalized spacial score (nSPS) is 15.9. The second-order valence-electron chi connectivity index (χ2n) is 12.8. The van der Waals surface area contributed by atoms with Crippen LogP contribution in [0, 0.1) is 16.7 Å². The van der Waals surface area contributed by atoms with Gasteiger partial charge in [-0.3, -0.25) is 0 Å². The van der Waals surface area contributed by atoms with Crippen LogP contribution in [0.2, 0.25) is 0 Å². The molecule has 0 aromatic heterocycles. The molecule has 0 spiro atoms. The molecular weight excluding hydrogens is 388 g/mol. The molecule has 1 aromatic rings. The minimum Gasteiger partial charge on any atom is -0.507 e. The summed E-state index contributed by atoms with van der Waals surface area (Å²) in [4.78, 5) is 0. The van der Waals surface area contributed by atoms with Crippen LogP contribution in [0.25, 0.3) is 5.57 Å². The molecule has 1 nitrogen and oxygen atoms in total. The number of phenols is 1. The number of allylic oxidation sites excluding steroid dienone is 6. The van der Waals surface area contributed by atoms with Crippen molar-refractivity contribution < 1.29 is 5.11 Å². The zero-order chi connectivity index (χ0) is 24.5. The van der Waals surface area contributed by atoms with Crippen LogP contribution in [0.4, 0.5) is 0 Å². The molecular formula is C31H48O. The fraction of sp³-hybridized carbons (Fsp3) is 0.613. The van der Waals surface area contributed by atoms with E-state index in [0.717, 1.165) is 42.4 Å². The van der Waals surface area contributed by atoms with E-state index in [4.69, 9.17) is 0 Å². The Kier molecular flexibility index (Phi) is 7.96. The molecule has 0 bridgehead atoms. The molecule has 1 aromatic carbocycles. The van der Waals surface area contributed by atoms with Gasteiger partial charge in [0.15, 0.2) is 0 Å². The van der Waals surface area contributed by atoms with Gasteiger partial charge in [-0.1, -0.05) is 119 Å². The average molecular weight is 437 g/mol. The van der Waals surface area contributed by atoms with Crippen LogP contribution in [0.15, 0.2) is 41.5 Å². The van der Waals surface area contributed by atoms with Crippen LogP contribution in [0.1, 0.15) is 112 Å². The number of benzene rings is 1. The van der Waals surface area contributed by atoms with E-state index in [2.05, 4.69) is 107 Å². The van der Waals surface area contributed by atoms with Gasteiger partial charge in [0.2, 0.25) is 0 Å². The van der Waals surface area contributed by atoms with Crippen molar-refractivity contribution in [1.82, 2.24) is 0 Å². The first kappa shape index (κ1) is 26.5. The van der Waals surface area contributed by atoms with E-state index in [1.165, 1.54) is 16.7 Å². The third-order valence-corrected chi connectivity index (χ3v) is 7.04. The smallest absolute Gasteiger partial charge is 0.126 e. The maximum absolute atomic E-state index is 11.6. The fourth-order valence-electron chi connectivity index (χ4n) is 4.33. The molecule has 1 aliphatic rings. The SMILES string of the molecule is CCC(CC)Cc1cc(C(C)(C)C)cc(C2=CC(C(C)(C)C)=CCC(C(C)(C)C)=C2)c1O. The van der Waals surface area contributed by atoms with Gasteiger partial charge >= 0.3 is 0 Å². The number of aromatic hydroxyl groups is 1. The van der Waals surface area contributed by atoms with Gasteiger partial charge in [0.1, 0.15) is 5.75 Å². The van der Waals surface area contributed by atoms with E-state index < -0.39 is 0 Å². The third kappa shape index (κ3) is 6.40. The van der Waals surface area contributed by atoms with Gasteiger partial charge in [-0.05, 0) is 63.3 Å². The first-order valence-corrected chi connectivity index (χ1v) is 12.6. The molecule has 0 amide bonds. The molecule has 1 aliphatic carbocycles. The lowest BCUT2D eigenvalue weighted by molar-refractivity contribution is 0.441. The Labute approximate surface area is 198 Å². The first-order chi connectivity index (χ1) is 14.6. The quantitative estimate of drug-likeness (QED) is 0.487.